The lowest BCUT2D eigenvalue weighted by molar-refractivity contribution is 0.271. The summed E-state index contributed by atoms with van der Waals surface area (Å²) in [5.74, 6) is 0. The second-order valence-electron chi connectivity index (χ2n) is 5.16. The zero-order valence-corrected chi connectivity index (χ0v) is 9.96. The van der Waals surface area contributed by atoms with Gasteiger partial charge in [0.05, 0.1) is 6.07 Å². The lowest BCUT2D eigenvalue weighted by Crippen LogP contribution is -2.31. The van der Waals surface area contributed by atoms with E-state index in [4.69, 9.17) is 5.26 Å². The third kappa shape index (κ3) is 1.96. The summed E-state index contributed by atoms with van der Waals surface area (Å²) >= 11 is 0. The maximum Gasteiger partial charge on any atom is 0.0635 e. The first-order valence-corrected chi connectivity index (χ1v) is 5.83. The lowest BCUT2D eigenvalue weighted by Gasteiger charge is -2.28. The van der Waals surface area contributed by atoms with Gasteiger partial charge >= 0.3 is 0 Å². The predicted octanol–water partition coefficient (Wildman–Crippen LogP) is 2.81. The standard InChI is InChI=1S/C14H18N2/c1-14(2)10-11-6-3-4-7-12(11)13(14)16-9-5-8-15/h3-4,6-7,13,16H,5,9-10H2,1-2H3. The van der Waals surface area contributed by atoms with Gasteiger partial charge in [-0.15, -0.1) is 0 Å². The Morgan fingerprint density at radius 3 is 2.94 bits per heavy atom. The van der Waals surface area contributed by atoms with Crippen LogP contribution in [0, 0.1) is 16.7 Å². The minimum Gasteiger partial charge on any atom is -0.308 e. The Bertz CT molecular complexity index is 415. The molecule has 0 spiro atoms. The smallest absolute Gasteiger partial charge is 0.0635 e. The molecular formula is C14H18N2. The number of fused-ring (bicyclic) bond motifs is 1. The summed E-state index contributed by atoms with van der Waals surface area (Å²) in [6, 6.07) is 11.2. The van der Waals surface area contributed by atoms with Crippen molar-refractivity contribution >= 4 is 0 Å². The lowest BCUT2D eigenvalue weighted by atomic mass is 9.85. The average molecular weight is 214 g/mol. The summed E-state index contributed by atoms with van der Waals surface area (Å²) in [5, 5.41) is 12.1. The average Bonchev–Trinajstić information content (AvgIpc) is 2.50. The molecule has 0 amide bonds. The zero-order valence-electron chi connectivity index (χ0n) is 9.96. The molecule has 0 aromatic heterocycles. The summed E-state index contributed by atoms with van der Waals surface area (Å²) in [5.41, 5.74) is 3.10. The molecule has 2 heteroatoms. The van der Waals surface area contributed by atoms with E-state index in [1.165, 1.54) is 11.1 Å². The van der Waals surface area contributed by atoms with E-state index in [0.29, 0.717) is 12.5 Å². The van der Waals surface area contributed by atoms with E-state index in [1.807, 2.05) is 0 Å². The highest BCUT2D eigenvalue weighted by atomic mass is 14.9. The summed E-state index contributed by atoms with van der Waals surface area (Å²) in [4.78, 5) is 0. The molecule has 0 heterocycles. The van der Waals surface area contributed by atoms with Gasteiger partial charge in [0.2, 0.25) is 0 Å². The zero-order chi connectivity index (χ0) is 11.6. The maximum absolute atomic E-state index is 8.58. The van der Waals surface area contributed by atoms with Crippen LogP contribution in [-0.4, -0.2) is 6.54 Å². The van der Waals surface area contributed by atoms with Gasteiger partial charge in [0.15, 0.2) is 0 Å². The number of rotatable bonds is 3. The van der Waals surface area contributed by atoms with Crippen molar-refractivity contribution < 1.29 is 0 Å². The Kier molecular flexibility index (Phi) is 2.98. The molecule has 0 fully saturated rings. The Morgan fingerprint density at radius 1 is 1.44 bits per heavy atom. The Hall–Kier alpha value is -1.33. The molecule has 2 rings (SSSR count). The van der Waals surface area contributed by atoms with E-state index in [0.717, 1.165) is 13.0 Å². The Balaban J connectivity index is 2.19. The van der Waals surface area contributed by atoms with Gasteiger partial charge in [-0.3, -0.25) is 0 Å². The SMILES string of the molecule is CC1(C)Cc2ccccc2C1NCCC#N. The van der Waals surface area contributed by atoms with Gasteiger partial charge in [0.1, 0.15) is 0 Å². The summed E-state index contributed by atoms with van der Waals surface area (Å²) in [6.45, 7) is 5.35. The fourth-order valence-electron chi connectivity index (χ4n) is 2.65. The molecule has 1 atom stereocenters. The van der Waals surface area contributed by atoms with Gasteiger partial charge in [0.25, 0.3) is 0 Å². The monoisotopic (exact) mass is 214 g/mol. The van der Waals surface area contributed by atoms with Crippen LogP contribution in [-0.2, 0) is 6.42 Å². The maximum atomic E-state index is 8.58. The van der Waals surface area contributed by atoms with Crippen LogP contribution in [0.3, 0.4) is 0 Å². The molecular weight excluding hydrogens is 196 g/mol. The summed E-state index contributed by atoms with van der Waals surface area (Å²) < 4.78 is 0. The Morgan fingerprint density at radius 2 is 2.19 bits per heavy atom. The minimum absolute atomic E-state index is 0.249. The van der Waals surface area contributed by atoms with E-state index < -0.39 is 0 Å². The molecule has 0 radical (unpaired) electrons. The van der Waals surface area contributed by atoms with Gasteiger partial charge in [0, 0.05) is 19.0 Å². The fraction of sp³-hybridized carbons (Fsp3) is 0.500. The molecule has 1 aliphatic rings. The largest absolute Gasteiger partial charge is 0.308 e. The van der Waals surface area contributed by atoms with Crippen LogP contribution in [0.4, 0.5) is 0 Å². The highest BCUT2D eigenvalue weighted by molar-refractivity contribution is 5.37. The van der Waals surface area contributed by atoms with Gasteiger partial charge in [-0.05, 0) is 23.0 Å². The molecule has 16 heavy (non-hydrogen) atoms. The third-order valence-corrected chi connectivity index (χ3v) is 3.38. The van der Waals surface area contributed by atoms with E-state index in [2.05, 4.69) is 49.5 Å². The van der Waals surface area contributed by atoms with Crippen LogP contribution in [0.1, 0.15) is 37.4 Å². The number of hydrogen-bond acceptors (Lipinski definition) is 2. The minimum atomic E-state index is 0.249. The van der Waals surface area contributed by atoms with Crippen LogP contribution in [0.5, 0.6) is 0 Å². The van der Waals surface area contributed by atoms with Crippen molar-refractivity contribution in [3.63, 3.8) is 0 Å². The van der Waals surface area contributed by atoms with Gasteiger partial charge in [-0.25, -0.2) is 0 Å². The van der Waals surface area contributed by atoms with Crippen LogP contribution >= 0.6 is 0 Å². The van der Waals surface area contributed by atoms with Crippen molar-refractivity contribution in [2.24, 2.45) is 5.41 Å². The first-order chi connectivity index (χ1) is 7.65. The van der Waals surface area contributed by atoms with Gasteiger partial charge in [-0.1, -0.05) is 38.1 Å². The number of nitrogens with zero attached hydrogens (tertiary/aromatic N) is 1. The van der Waals surface area contributed by atoms with Crippen LogP contribution < -0.4 is 5.32 Å². The van der Waals surface area contributed by atoms with Crippen molar-refractivity contribution in [3.8, 4) is 6.07 Å². The fourth-order valence-corrected chi connectivity index (χ4v) is 2.65. The molecule has 84 valence electrons. The van der Waals surface area contributed by atoms with Crippen molar-refractivity contribution in [2.45, 2.75) is 32.7 Å². The van der Waals surface area contributed by atoms with E-state index in [9.17, 15) is 0 Å². The summed E-state index contributed by atoms with van der Waals surface area (Å²) in [7, 11) is 0. The van der Waals surface area contributed by atoms with E-state index in [1.54, 1.807) is 0 Å². The Labute approximate surface area is 97.3 Å². The normalized spacial score (nSPS) is 21.4. The molecule has 2 nitrogen and oxygen atoms in total. The number of benzene rings is 1. The molecule has 1 unspecified atom stereocenters. The molecule has 1 aliphatic carbocycles. The molecule has 0 saturated heterocycles. The van der Waals surface area contributed by atoms with Crippen molar-refractivity contribution in [1.29, 1.82) is 5.26 Å². The molecule has 0 saturated carbocycles. The van der Waals surface area contributed by atoms with Crippen LogP contribution in [0.2, 0.25) is 0 Å². The van der Waals surface area contributed by atoms with Crippen LogP contribution in [0.25, 0.3) is 0 Å². The predicted molar refractivity (Wildman–Crippen MR) is 64.9 cm³/mol. The number of nitrogens with one attached hydrogen (secondary N) is 1. The second-order valence-corrected chi connectivity index (χ2v) is 5.16. The highest BCUT2D eigenvalue weighted by Gasteiger charge is 2.37. The molecule has 0 bridgehead atoms. The van der Waals surface area contributed by atoms with Crippen molar-refractivity contribution in [2.75, 3.05) is 6.54 Å². The molecule has 0 aliphatic heterocycles. The topological polar surface area (TPSA) is 35.8 Å². The van der Waals surface area contributed by atoms with E-state index >= 15 is 0 Å². The van der Waals surface area contributed by atoms with Crippen molar-refractivity contribution in [1.82, 2.24) is 5.32 Å². The van der Waals surface area contributed by atoms with Crippen LogP contribution in [0.15, 0.2) is 24.3 Å². The number of hydrogen-bond donors (Lipinski definition) is 1. The second kappa shape index (κ2) is 4.27. The van der Waals surface area contributed by atoms with Gasteiger partial charge < -0.3 is 5.32 Å². The molecule has 1 aromatic carbocycles. The first kappa shape index (κ1) is 11.2. The quantitative estimate of drug-likeness (QED) is 0.785. The number of nitriles is 1. The summed E-state index contributed by atoms with van der Waals surface area (Å²) in [6.07, 6.45) is 1.70. The highest BCUT2D eigenvalue weighted by Crippen LogP contribution is 2.44. The van der Waals surface area contributed by atoms with Crippen molar-refractivity contribution in [3.05, 3.63) is 35.4 Å². The first-order valence-electron chi connectivity index (χ1n) is 5.83. The third-order valence-electron chi connectivity index (χ3n) is 3.38. The molecule has 1 aromatic rings. The van der Waals surface area contributed by atoms with Gasteiger partial charge in [-0.2, -0.15) is 5.26 Å². The molecule has 1 N–H and O–H groups in total. The van der Waals surface area contributed by atoms with E-state index in [-0.39, 0.29) is 5.41 Å².